The third kappa shape index (κ3) is 10.6. The predicted octanol–water partition coefficient (Wildman–Crippen LogP) is -0.00400. The number of Topliss-reactive ketones (excluding diaryl/α,β-unsaturated/α-hetero) is 1. The van der Waals surface area contributed by atoms with Crippen LogP contribution < -0.4 is 0 Å². The summed E-state index contributed by atoms with van der Waals surface area (Å²) < 4.78 is 0. The van der Waals surface area contributed by atoms with E-state index < -0.39 is 37.3 Å². The van der Waals surface area contributed by atoms with Crippen molar-refractivity contribution in [3.63, 3.8) is 0 Å². The van der Waals surface area contributed by atoms with E-state index >= 15 is 0 Å². The lowest BCUT2D eigenvalue weighted by Gasteiger charge is -2.19. The lowest BCUT2D eigenvalue weighted by molar-refractivity contribution is -0.142. The van der Waals surface area contributed by atoms with Crippen molar-refractivity contribution in [3.8, 4) is 0 Å². The molecule has 0 fully saturated rings. The molecule has 0 radical (unpaired) electrons. The highest BCUT2D eigenvalue weighted by Crippen LogP contribution is 2.00. The Morgan fingerprint density at radius 1 is 0.667 bits per heavy atom. The SMILES string of the molecule is O=C(CO)[C@H](O)[C@@H](O)[C@H](O)CO.c1ccccc1.c1ccccc1. The molecule has 0 aliphatic rings. The van der Waals surface area contributed by atoms with Crippen molar-refractivity contribution in [1.29, 1.82) is 0 Å². The second-order valence-corrected chi connectivity index (χ2v) is 4.62. The van der Waals surface area contributed by atoms with Crippen LogP contribution in [0.1, 0.15) is 0 Å². The maximum Gasteiger partial charge on any atom is 0.189 e. The zero-order valence-corrected chi connectivity index (χ0v) is 13.2. The van der Waals surface area contributed by atoms with E-state index in [0.717, 1.165) is 0 Å². The summed E-state index contributed by atoms with van der Waals surface area (Å²) in [6.45, 7) is -1.69. The number of benzene rings is 2. The highest BCUT2D eigenvalue weighted by atomic mass is 16.4. The third-order valence-electron chi connectivity index (χ3n) is 2.72. The summed E-state index contributed by atoms with van der Waals surface area (Å²) in [6.07, 6.45) is -5.22. The fourth-order valence-electron chi connectivity index (χ4n) is 1.37. The number of aliphatic hydroxyl groups is 5. The number of rotatable bonds is 5. The van der Waals surface area contributed by atoms with E-state index in [1.807, 2.05) is 72.8 Å². The molecule has 0 heterocycles. The first-order valence-electron chi connectivity index (χ1n) is 7.33. The Balaban J connectivity index is 0.000000364. The molecule has 24 heavy (non-hydrogen) atoms. The fraction of sp³-hybridized carbons (Fsp3) is 0.278. The van der Waals surface area contributed by atoms with E-state index in [-0.39, 0.29) is 0 Å². The van der Waals surface area contributed by atoms with E-state index in [9.17, 15) is 4.79 Å². The van der Waals surface area contributed by atoms with Crippen LogP contribution in [0.25, 0.3) is 0 Å². The van der Waals surface area contributed by atoms with Gasteiger partial charge in [-0.2, -0.15) is 0 Å². The van der Waals surface area contributed by atoms with Crippen molar-refractivity contribution in [2.45, 2.75) is 18.3 Å². The van der Waals surface area contributed by atoms with Gasteiger partial charge in [-0.1, -0.05) is 72.8 Å². The van der Waals surface area contributed by atoms with Crippen LogP contribution >= 0.6 is 0 Å². The van der Waals surface area contributed by atoms with Crippen LogP contribution in [0.3, 0.4) is 0 Å². The Morgan fingerprint density at radius 3 is 1.17 bits per heavy atom. The first-order chi connectivity index (χ1) is 11.5. The first kappa shape index (κ1) is 21.9. The van der Waals surface area contributed by atoms with Crippen molar-refractivity contribution in [3.05, 3.63) is 72.8 Å². The van der Waals surface area contributed by atoms with Gasteiger partial charge in [0.15, 0.2) is 5.78 Å². The molecular weight excluding hydrogens is 312 g/mol. The summed E-state index contributed by atoms with van der Waals surface area (Å²) in [4.78, 5) is 10.5. The summed E-state index contributed by atoms with van der Waals surface area (Å²) in [5.41, 5.74) is 0. The number of hydrogen-bond acceptors (Lipinski definition) is 6. The Labute approximate surface area is 141 Å². The number of carbonyl (C=O) groups is 1. The number of aliphatic hydroxyl groups excluding tert-OH is 5. The van der Waals surface area contributed by atoms with Crippen molar-refractivity contribution in [2.75, 3.05) is 13.2 Å². The van der Waals surface area contributed by atoms with Gasteiger partial charge in [-0.15, -0.1) is 0 Å². The van der Waals surface area contributed by atoms with Crippen LogP contribution in [0.2, 0.25) is 0 Å². The lowest BCUT2D eigenvalue weighted by atomic mass is 10.1. The van der Waals surface area contributed by atoms with Gasteiger partial charge in [-0.05, 0) is 0 Å². The van der Waals surface area contributed by atoms with Crippen LogP contribution in [0.4, 0.5) is 0 Å². The van der Waals surface area contributed by atoms with Crippen molar-refractivity contribution in [2.24, 2.45) is 0 Å². The largest absolute Gasteiger partial charge is 0.394 e. The summed E-state index contributed by atoms with van der Waals surface area (Å²) in [5.74, 6) is -1.00. The molecule has 2 aromatic rings. The Bertz CT molecular complexity index is 421. The van der Waals surface area contributed by atoms with E-state index in [1.54, 1.807) is 0 Å². The fourth-order valence-corrected chi connectivity index (χ4v) is 1.37. The minimum absolute atomic E-state index is 0.767. The molecule has 0 saturated carbocycles. The van der Waals surface area contributed by atoms with Crippen LogP contribution in [0.5, 0.6) is 0 Å². The Hall–Kier alpha value is -2.09. The minimum Gasteiger partial charge on any atom is -0.394 e. The highest BCUT2D eigenvalue weighted by Gasteiger charge is 2.28. The first-order valence-corrected chi connectivity index (χ1v) is 7.33. The molecule has 0 bridgehead atoms. The molecule has 0 saturated heterocycles. The van der Waals surface area contributed by atoms with Crippen LogP contribution in [-0.2, 0) is 4.79 Å². The molecule has 3 atom stereocenters. The number of hydrogen-bond donors (Lipinski definition) is 5. The monoisotopic (exact) mass is 336 g/mol. The molecule has 2 rings (SSSR count). The van der Waals surface area contributed by atoms with Crippen molar-refractivity contribution >= 4 is 5.78 Å². The topological polar surface area (TPSA) is 118 Å². The van der Waals surface area contributed by atoms with Gasteiger partial charge in [0.1, 0.15) is 24.9 Å². The zero-order valence-electron chi connectivity index (χ0n) is 13.2. The average molecular weight is 336 g/mol. The third-order valence-corrected chi connectivity index (χ3v) is 2.72. The molecule has 0 unspecified atom stereocenters. The molecule has 6 heteroatoms. The molecule has 6 nitrogen and oxygen atoms in total. The summed E-state index contributed by atoms with van der Waals surface area (Å²) in [5, 5.41) is 43.1. The predicted molar refractivity (Wildman–Crippen MR) is 90.1 cm³/mol. The van der Waals surface area contributed by atoms with Gasteiger partial charge in [0.05, 0.1) is 6.61 Å². The molecule has 5 N–H and O–H groups in total. The van der Waals surface area contributed by atoms with E-state index in [1.165, 1.54) is 0 Å². The van der Waals surface area contributed by atoms with Gasteiger partial charge < -0.3 is 25.5 Å². The van der Waals surface area contributed by atoms with Crippen molar-refractivity contribution in [1.82, 2.24) is 0 Å². The Kier molecular flexibility index (Phi) is 13.2. The molecule has 0 spiro atoms. The number of ketones is 1. The smallest absolute Gasteiger partial charge is 0.189 e. The van der Waals surface area contributed by atoms with Gasteiger partial charge in [0.25, 0.3) is 0 Å². The maximum atomic E-state index is 10.5. The molecule has 132 valence electrons. The van der Waals surface area contributed by atoms with Crippen LogP contribution in [0.15, 0.2) is 72.8 Å². The highest BCUT2D eigenvalue weighted by molar-refractivity contribution is 5.84. The van der Waals surface area contributed by atoms with E-state index in [0.29, 0.717) is 0 Å². The second-order valence-electron chi connectivity index (χ2n) is 4.62. The molecule has 2 aromatic carbocycles. The summed E-state index contributed by atoms with van der Waals surface area (Å²) >= 11 is 0. The number of carbonyl (C=O) groups excluding carboxylic acids is 1. The molecule has 0 aromatic heterocycles. The van der Waals surface area contributed by atoms with E-state index in [2.05, 4.69) is 0 Å². The standard InChI is InChI=1S/C6H12O6.2C6H6/c7-1-3(9)5(11)6(12)4(10)2-8;2*1-2-4-6-5-3-1/h3,5-9,11-12H,1-2H2;2*1-6H/t3-,5+,6+;;/m1../s1. The van der Waals surface area contributed by atoms with Gasteiger partial charge >= 0.3 is 0 Å². The summed E-state index contributed by atoms with van der Waals surface area (Å²) in [6, 6.07) is 24.0. The maximum absolute atomic E-state index is 10.5. The second kappa shape index (κ2) is 14.5. The lowest BCUT2D eigenvalue weighted by Crippen LogP contribution is -2.44. The molecule has 0 aliphatic carbocycles. The van der Waals surface area contributed by atoms with E-state index in [4.69, 9.17) is 25.5 Å². The van der Waals surface area contributed by atoms with Gasteiger partial charge in [0.2, 0.25) is 0 Å². The average Bonchev–Trinajstić information content (AvgIpc) is 2.69. The minimum atomic E-state index is -1.86. The molecule has 0 amide bonds. The zero-order chi connectivity index (χ0) is 18.2. The van der Waals surface area contributed by atoms with Crippen LogP contribution in [0, 0.1) is 0 Å². The molecule has 0 aliphatic heterocycles. The summed E-state index contributed by atoms with van der Waals surface area (Å²) in [7, 11) is 0. The normalized spacial score (nSPS) is 13.2. The van der Waals surface area contributed by atoms with Gasteiger partial charge in [-0.3, -0.25) is 4.79 Å². The Morgan fingerprint density at radius 2 is 0.958 bits per heavy atom. The molecular formula is C18H24O6. The van der Waals surface area contributed by atoms with Crippen molar-refractivity contribution < 1.29 is 30.3 Å². The van der Waals surface area contributed by atoms with Gasteiger partial charge in [-0.25, -0.2) is 0 Å². The quantitative estimate of drug-likeness (QED) is 0.524. The van der Waals surface area contributed by atoms with Gasteiger partial charge in [0, 0.05) is 0 Å². The van der Waals surface area contributed by atoms with Crippen LogP contribution in [-0.4, -0.2) is 62.8 Å².